The third kappa shape index (κ3) is 3.09. The molecule has 0 N–H and O–H groups in total. The normalized spacial score (nSPS) is 11.7. The first kappa shape index (κ1) is 16.3. The lowest BCUT2D eigenvalue weighted by atomic mass is 10.1. The van der Waals surface area contributed by atoms with E-state index in [1.54, 1.807) is 16.9 Å². The fourth-order valence-corrected chi connectivity index (χ4v) is 3.86. The predicted molar refractivity (Wildman–Crippen MR) is 100 cm³/mol. The van der Waals surface area contributed by atoms with Crippen molar-refractivity contribution in [2.24, 2.45) is 13.0 Å². The van der Waals surface area contributed by atoms with Crippen molar-refractivity contribution >= 4 is 32.2 Å². The Labute approximate surface area is 156 Å². The lowest BCUT2D eigenvalue weighted by Crippen LogP contribution is -1.99. The zero-order valence-electron chi connectivity index (χ0n) is 14.0. The van der Waals surface area contributed by atoms with E-state index in [1.807, 2.05) is 17.8 Å². The summed E-state index contributed by atoms with van der Waals surface area (Å²) in [5.74, 6) is 1.25. The molecule has 9 heteroatoms. The largest absolute Gasteiger partial charge is 0.264 e. The Morgan fingerprint density at radius 3 is 2.76 bits per heavy atom. The van der Waals surface area contributed by atoms with Gasteiger partial charge in [0.05, 0.1) is 5.69 Å². The zero-order chi connectivity index (χ0) is 17.6. The van der Waals surface area contributed by atoms with Crippen molar-refractivity contribution in [2.75, 3.05) is 0 Å². The number of aromatic nitrogens is 7. The van der Waals surface area contributed by atoms with Crippen LogP contribution in [0.3, 0.4) is 0 Å². The Balaban J connectivity index is 1.78. The van der Waals surface area contributed by atoms with Crippen LogP contribution in [0.5, 0.6) is 0 Å². The molecule has 4 aromatic heterocycles. The van der Waals surface area contributed by atoms with Gasteiger partial charge < -0.3 is 0 Å². The van der Waals surface area contributed by atoms with Gasteiger partial charge in [-0.15, -0.1) is 10.2 Å². The molecule has 128 valence electrons. The summed E-state index contributed by atoms with van der Waals surface area (Å²) >= 11 is 4.93. The Kier molecular flexibility index (Phi) is 4.12. The SMILES string of the molecule is CC(C)Cc1cc(-c2nnc3sc(-c4cncc(Br)c4)nn23)n(C)n1. The highest BCUT2D eigenvalue weighted by molar-refractivity contribution is 9.10. The van der Waals surface area contributed by atoms with Gasteiger partial charge in [0.25, 0.3) is 0 Å². The predicted octanol–water partition coefficient (Wildman–Crippen LogP) is 3.61. The van der Waals surface area contributed by atoms with Gasteiger partial charge in [0.1, 0.15) is 10.7 Å². The van der Waals surface area contributed by atoms with Crippen molar-refractivity contribution < 1.29 is 0 Å². The van der Waals surface area contributed by atoms with Gasteiger partial charge in [-0.2, -0.15) is 14.7 Å². The number of fused-ring (bicyclic) bond motifs is 1. The Morgan fingerprint density at radius 2 is 2.00 bits per heavy atom. The lowest BCUT2D eigenvalue weighted by Gasteiger charge is -1.98. The third-order valence-corrected chi connectivity index (χ3v) is 5.10. The first-order valence-corrected chi connectivity index (χ1v) is 9.48. The van der Waals surface area contributed by atoms with Crippen LogP contribution in [0.4, 0.5) is 0 Å². The molecule has 0 unspecified atom stereocenters. The molecule has 0 saturated heterocycles. The highest BCUT2D eigenvalue weighted by atomic mass is 79.9. The van der Waals surface area contributed by atoms with Crippen LogP contribution in [0.1, 0.15) is 19.5 Å². The summed E-state index contributed by atoms with van der Waals surface area (Å²) in [7, 11) is 1.92. The second-order valence-electron chi connectivity index (χ2n) is 6.26. The molecular weight excluding hydrogens is 402 g/mol. The third-order valence-electron chi connectivity index (χ3n) is 3.72. The molecule has 0 amide bonds. The van der Waals surface area contributed by atoms with Gasteiger partial charge in [0.2, 0.25) is 10.8 Å². The minimum Gasteiger partial charge on any atom is -0.264 e. The van der Waals surface area contributed by atoms with Gasteiger partial charge in [-0.1, -0.05) is 25.2 Å². The van der Waals surface area contributed by atoms with E-state index >= 15 is 0 Å². The molecule has 0 atom stereocenters. The molecule has 0 aromatic carbocycles. The number of nitrogens with zero attached hydrogens (tertiary/aromatic N) is 7. The molecule has 0 radical (unpaired) electrons. The molecule has 0 aliphatic carbocycles. The van der Waals surface area contributed by atoms with Crippen molar-refractivity contribution in [3.63, 3.8) is 0 Å². The van der Waals surface area contributed by atoms with E-state index in [0.717, 1.165) is 37.8 Å². The van der Waals surface area contributed by atoms with E-state index in [-0.39, 0.29) is 0 Å². The molecule has 4 rings (SSSR count). The van der Waals surface area contributed by atoms with Crippen LogP contribution in [0, 0.1) is 5.92 Å². The van der Waals surface area contributed by atoms with E-state index in [0.29, 0.717) is 11.7 Å². The fraction of sp³-hybridized carbons (Fsp3) is 0.312. The summed E-state index contributed by atoms with van der Waals surface area (Å²) in [6.45, 7) is 4.37. The van der Waals surface area contributed by atoms with Gasteiger partial charge in [-0.05, 0) is 40.4 Å². The summed E-state index contributed by atoms with van der Waals surface area (Å²) in [5.41, 5.74) is 2.91. The molecule has 4 aromatic rings. The number of pyridine rings is 1. The van der Waals surface area contributed by atoms with E-state index in [2.05, 4.69) is 61.2 Å². The number of halogens is 1. The molecule has 0 aliphatic heterocycles. The van der Waals surface area contributed by atoms with Gasteiger partial charge in [-0.3, -0.25) is 9.67 Å². The van der Waals surface area contributed by atoms with Gasteiger partial charge >= 0.3 is 0 Å². The molecule has 0 bridgehead atoms. The number of rotatable bonds is 4. The van der Waals surface area contributed by atoms with Crippen molar-refractivity contribution in [3.8, 4) is 22.1 Å². The molecule has 0 spiro atoms. The van der Waals surface area contributed by atoms with Gasteiger partial charge in [0.15, 0.2) is 0 Å². The minimum atomic E-state index is 0.552. The van der Waals surface area contributed by atoms with E-state index in [9.17, 15) is 0 Å². The highest BCUT2D eigenvalue weighted by Gasteiger charge is 2.18. The number of hydrogen-bond acceptors (Lipinski definition) is 6. The topological polar surface area (TPSA) is 73.8 Å². The average molecular weight is 418 g/mol. The maximum atomic E-state index is 4.68. The Bertz CT molecular complexity index is 1050. The van der Waals surface area contributed by atoms with Crippen molar-refractivity contribution in [1.82, 2.24) is 34.6 Å². The van der Waals surface area contributed by atoms with Crippen LogP contribution in [0.15, 0.2) is 29.0 Å². The van der Waals surface area contributed by atoms with E-state index < -0.39 is 0 Å². The molecule has 25 heavy (non-hydrogen) atoms. The quantitative estimate of drug-likeness (QED) is 0.506. The van der Waals surface area contributed by atoms with Crippen LogP contribution in [-0.2, 0) is 13.5 Å². The first-order chi connectivity index (χ1) is 12.0. The zero-order valence-corrected chi connectivity index (χ0v) is 16.4. The molecule has 0 aliphatic rings. The summed E-state index contributed by atoms with van der Waals surface area (Å²) < 4.78 is 4.53. The Hall–Kier alpha value is -2.13. The van der Waals surface area contributed by atoms with Gasteiger partial charge in [0, 0.05) is 29.5 Å². The van der Waals surface area contributed by atoms with E-state index in [4.69, 9.17) is 0 Å². The lowest BCUT2D eigenvalue weighted by molar-refractivity contribution is 0.621. The minimum absolute atomic E-state index is 0.552. The molecule has 7 nitrogen and oxygen atoms in total. The number of hydrogen-bond donors (Lipinski definition) is 0. The molecule has 0 fully saturated rings. The highest BCUT2D eigenvalue weighted by Crippen LogP contribution is 2.29. The maximum Gasteiger partial charge on any atom is 0.235 e. The van der Waals surface area contributed by atoms with E-state index in [1.165, 1.54) is 11.3 Å². The van der Waals surface area contributed by atoms with Crippen LogP contribution in [0.25, 0.3) is 27.1 Å². The smallest absolute Gasteiger partial charge is 0.235 e. The van der Waals surface area contributed by atoms with Crippen molar-refractivity contribution in [3.05, 3.63) is 34.7 Å². The first-order valence-electron chi connectivity index (χ1n) is 7.87. The molecule has 0 saturated carbocycles. The summed E-state index contributed by atoms with van der Waals surface area (Å²) in [6, 6.07) is 4.05. The van der Waals surface area contributed by atoms with Crippen LogP contribution in [-0.4, -0.2) is 34.6 Å². The fourth-order valence-electron chi connectivity index (χ4n) is 2.68. The van der Waals surface area contributed by atoms with Gasteiger partial charge in [-0.25, -0.2) is 0 Å². The monoisotopic (exact) mass is 417 g/mol. The maximum absolute atomic E-state index is 4.68. The summed E-state index contributed by atoms with van der Waals surface area (Å²) in [5, 5.41) is 18.7. The summed E-state index contributed by atoms with van der Waals surface area (Å²) in [4.78, 5) is 4.95. The average Bonchev–Trinajstić information content (AvgIpc) is 3.20. The molecule has 4 heterocycles. The second-order valence-corrected chi connectivity index (χ2v) is 8.13. The van der Waals surface area contributed by atoms with Crippen molar-refractivity contribution in [2.45, 2.75) is 20.3 Å². The van der Waals surface area contributed by atoms with Crippen molar-refractivity contribution in [1.29, 1.82) is 0 Å². The standard InChI is InChI=1S/C16H16BrN7S/c1-9(2)4-12-6-13(23(3)21-12)14-19-20-16-24(14)22-15(25-16)10-5-11(17)8-18-7-10/h5-9H,4H2,1-3H3. The van der Waals surface area contributed by atoms with Crippen LogP contribution in [0.2, 0.25) is 0 Å². The summed E-state index contributed by atoms with van der Waals surface area (Å²) in [6.07, 6.45) is 4.48. The van der Waals surface area contributed by atoms with Crippen LogP contribution >= 0.6 is 27.3 Å². The molecular formula is C16H16BrN7S. The second kappa shape index (κ2) is 6.30. The van der Waals surface area contributed by atoms with Crippen LogP contribution < -0.4 is 0 Å². The number of aryl methyl sites for hydroxylation is 1. The Morgan fingerprint density at radius 1 is 1.16 bits per heavy atom.